The minimum Gasteiger partial charge on any atom is -0.497 e. The first-order chi connectivity index (χ1) is 8.21. The van der Waals surface area contributed by atoms with Gasteiger partial charge in [0.2, 0.25) is 0 Å². The summed E-state index contributed by atoms with van der Waals surface area (Å²) in [7, 11) is 1.68. The van der Waals surface area contributed by atoms with Crippen LogP contribution >= 0.6 is 27.7 Å². The molecule has 0 aliphatic heterocycles. The van der Waals surface area contributed by atoms with Gasteiger partial charge in [0.25, 0.3) is 0 Å². The molecule has 5 heteroatoms. The molecule has 1 aromatic rings. The fraction of sp³-hybridized carbons (Fsp3) is 0.500. The summed E-state index contributed by atoms with van der Waals surface area (Å²) in [5.74, 6) is 8.57. The Kier molecular flexibility index (Phi) is 6.96. The Morgan fingerprint density at radius 2 is 2.29 bits per heavy atom. The predicted octanol–water partition coefficient (Wildman–Crippen LogP) is 2.59. The monoisotopic (exact) mass is 318 g/mol. The van der Waals surface area contributed by atoms with E-state index in [0.29, 0.717) is 0 Å². The van der Waals surface area contributed by atoms with Gasteiger partial charge in [0.15, 0.2) is 0 Å². The van der Waals surface area contributed by atoms with Crippen molar-refractivity contribution in [2.24, 2.45) is 5.84 Å². The summed E-state index contributed by atoms with van der Waals surface area (Å²) in [6.45, 7) is 2.15. The molecule has 0 radical (unpaired) electrons. The topological polar surface area (TPSA) is 47.3 Å². The summed E-state index contributed by atoms with van der Waals surface area (Å²) in [4.78, 5) is 0. The van der Waals surface area contributed by atoms with E-state index in [1.165, 1.54) is 5.56 Å². The van der Waals surface area contributed by atoms with Crippen molar-refractivity contribution in [2.45, 2.75) is 19.4 Å². The first-order valence-electron chi connectivity index (χ1n) is 5.57. The quantitative estimate of drug-likeness (QED) is 0.599. The third kappa shape index (κ3) is 4.87. The van der Waals surface area contributed by atoms with Crippen LogP contribution < -0.4 is 16.0 Å². The van der Waals surface area contributed by atoms with Gasteiger partial charge in [-0.2, -0.15) is 11.8 Å². The summed E-state index contributed by atoms with van der Waals surface area (Å²) in [5, 5.41) is 0. The molecule has 3 N–H and O–H groups in total. The zero-order chi connectivity index (χ0) is 12.7. The van der Waals surface area contributed by atoms with E-state index in [0.717, 1.165) is 28.1 Å². The zero-order valence-corrected chi connectivity index (χ0v) is 12.6. The van der Waals surface area contributed by atoms with E-state index in [4.69, 9.17) is 10.6 Å². The lowest BCUT2D eigenvalue weighted by Gasteiger charge is -2.16. The van der Waals surface area contributed by atoms with Gasteiger partial charge >= 0.3 is 0 Å². The van der Waals surface area contributed by atoms with E-state index in [9.17, 15) is 0 Å². The Morgan fingerprint density at radius 3 is 2.88 bits per heavy atom. The lowest BCUT2D eigenvalue weighted by atomic mass is 10.1. The Balaban J connectivity index is 2.70. The first-order valence-corrected chi connectivity index (χ1v) is 7.52. The Bertz CT molecular complexity index is 349. The van der Waals surface area contributed by atoms with Gasteiger partial charge in [0, 0.05) is 16.3 Å². The normalized spacial score (nSPS) is 12.5. The van der Waals surface area contributed by atoms with Crippen LogP contribution in [-0.2, 0) is 6.42 Å². The van der Waals surface area contributed by atoms with Crippen molar-refractivity contribution in [2.75, 3.05) is 18.6 Å². The molecule has 0 saturated heterocycles. The summed E-state index contributed by atoms with van der Waals surface area (Å²) >= 11 is 5.44. The van der Waals surface area contributed by atoms with E-state index < -0.39 is 0 Å². The molecule has 0 heterocycles. The number of hydrazine groups is 1. The Hall–Kier alpha value is -0.230. The summed E-state index contributed by atoms with van der Waals surface area (Å²) in [6.07, 6.45) is 0.890. The minimum atomic E-state index is 0.281. The number of rotatable bonds is 7. The second-order valence-electron chi connectivity index (χ2n) is 3.68. The molecule has 0 saturated carbocycles. The van der Waals surface area contributed by atoms with Gasteiger partial charge in [-0.15, -0.1) is 0 Å². The number of nitrogens with one attached hydrogen (secondary N) is 1. The van der Waals surface area contributed by atoms with Crippen molar-refractivity contribution < 1.29 is 4.74 Å². The molecule has 17 heavy (non-hydrogen) atoms. The second kappa shape index (κ2) is 7.97. The molecule has 0 spiro atoms. The molecule has 0 aliphatic rings. The van der Waals surface area contributed by atoms with Crippen LogP contribution in [0, 0.1) is 0 Å². The third-order valence-electron chi connectivity index (χ3n) is 2.48. The highest BCUT2D eigenvalue weighted by Crippen LogP contribution is 2.24. The van der Waals surface area contributed by atoms with E-state index in [2.05, 4.69) is 28.3 Å². The van der Waals surface area contributed by atoms with Crippen LogP contribution in [0.5, 0.6) is 5.75 Å². The SMILES string of the molecule is CCSCC(Cc1cc(OC)ccc1Br)NN. The fourth-order valence-corrected chi connectivity index (χ4v) is 2.67. The highest BCUT2D eigenvalue weighted by Gasteiger charge is 2.10. The van der Waals surface area contributed by atoms with Crippen LogP contribution in [0.3, 0.4) is 0 Å². The number of thioether (sulfide) groups is 1. The van der Waals surface area contributed by atoms with E-state index in [1.54, 1.807) is 7.11 Å². The van der Waals surface area contributed by atoms with Gasteiger partial charge < -0.3 is 4.74 Å². The highest BCUT2D eigenvalue weighted by molar-refractivity contribution is 9.10. The molecule has 0 fully saturated rings. The summed E-state index contributed by atoms with van der Waals surface area (Å²) < 4.78 is 6.33. The number of nitrogens with two attached hydrogens (primary N) is 1. The van der Waals surface area contributed by atoms with Crippen LogP contribution in [0.25, 0.3) is 0 Å². The summed E-state index contributed by atoms with van der Waals surface area (Å²) in [6, 6.07) is 6.28. The standard InChI is InChI=1S/C12H19BrN2OS/c1-3-17-8-10(15-14)6-9-7-11(16-2)4-5-12(9)13/h4-5,7,10,15H,3,6,8,14H2,1-2H3. The van der Waals surface area contributed by atoms with Crippen molar-refractivity contribution in [1.82, 2.24) is 5.43 Å². The van der Waals surface area contributed by atoms with Crippen LogP contribution in [0.4, 0.5) is 0 Å². The number of halogens is 1. The van der Waals surface area contributed by atoms with Crippen LogP contribution in [0.15, 0.2) is 22.7 Å². The molecule has 1 atom stereocenters. The van der Waals surface area contributed by atoms with Gasteiger partial charge in [-0.3, -0.25) is 11.3 Å². The van der Waals surface area contributed by atoms with Gasteiger partial charge in [-0.25, -0.2) is 0 Å². The molecule has 0 bridgehead atoms. The average molecular weight is 319 g/mol. The van der Waals surface area contributed by atoms with Crippen LogP contribution in [0.1, 0.15) is 12.5 Å². The first kappa shape index (κ1) is 14.8. The third-order valence-corrected chi connectivity index (χ3v) is 4.30. The van der Waals surface area contributed by atoms with Gasteiger partial charge in [0.1, 0.15) is 5.75 Å². The maximum Gasteiger partial charge on any atom is 0.119 e. The van der Waals surface area contributed by atoms with Crippen molar-refractivity contribution in [3.8, 4) is 5.75 Å². The molecular formula is C12H19BrN2OS. The molecular weight excluding hydrogens is 300 g/mol. The molecule has 0 aliphatic carbocycles. The van der Waals surface area contributed by atoms with Crippen LogP contribution in [0.2, 0.25) is 0 Å². The molecule has 0 amide bonds. The van der Waals surface area contributed by atoms with E-state index in [-0.39, 0.29) is 6.04 Å². The van der Waals surface area contributed by atoms with Gasteiger partial charge in [-0.05, 0) is 35.9 Å². The average Bonchev–Trinajstić information content (AvgIpc) is 2.36. The highest BCUT2D eigenvalue weighted by atomic mass is 79.9. The van der Waals surface area contributed by atoms with Crippen LogP contribution in [-0.4, -0.2) is 24.7 Å². The number of methoxy groups -OCH3 is 1. The smallest absolute Gasteiger partial charge is 0.119 e. The fourth-order valence-electron chi connectivity index (χ4n) is 1.53. The van der Waals surface area contributed by atoms with Crippen molar-refractivity contribution in [1.29, 1.82) is 0 Å². The molecule has 3 nitrogen and oxygen atoms in total. The maximum atomic E-state index is 5.57. The largest absolute Gasteiger partial charge is 0.497 e. The molecule has 1 rings (SSSR count). The maximum absolute atomic E-state index is 5.57. The Labute approximate surface area is 116 Å². The zero-order valence-electron chi connectivity index (χ0n) is 10.2. The van der Waals surface area contributed by atoms with Gasteiger partial charge in [0.05, 0.1) is 7.11 Å². The van der Waals surface area contributed by atoms with E-state index >= 15 is 0 Å². The Morgan fingerprint density at radius 1 is 1.53 bits per heavy atom. The number of hydrogen-bond acceptors (Lipinski definition) is 4. The van der Waals surface area contributed by atoms with Gasteiger partial charge in [-0.1, -0.05) is 22.9 Å². The van der Waals surface area contributed by atoms with Crippen molar-refractivity contribution >= 4 is 27.7 Å². The molecule has 1 aromatic carbocycles. The lowest BCUT2D eigenvalue weighted by Crippen LogP contribution is -2.38. The molecule has 1 unspecified atom stereocenters. The van der Waals surface area contributed by atoms with Crippen molar-refractivity contribution in [3.63, 3.8) is 0 Å². The summed E-state index contributed by atoms with van der Waals surface area (Å²) in [5.41, 5.74) is 4.08. The number of hydrogen-bond donors (Lipinski definition) is 2. The van der Waals surface area contributed by atoms with E-state index in [1.807, 2.05) is 30.0 Å². The number of ether oxygens (including phenoxy) is 1. The second-order valence-corrected chi connectivity index (χ2v) is 5.86. The molecule has 0 aromatic heterocycles. The number of benzene rings is 1. The lowest BCUT2D eigenvalue weighted by molar-refractivity contribution is 0.414. The molecule has 96 valence electrons. The predicted molar refractivity (Wildman–Crippen MR) is 78.5 cm³/mol. The minimum absolute atomic E-state index is 0.281. The van der Waals surface area contributed by atoms with Crippen molar-refractivity contribution in [3.05, 3.63) is 28.2 Å².